The molecule has 1 unspecified atom stereocenters. The molecular formula is C30H52O26. The molecule has 0 aromatic carbocycles. The van der Waals surface area contributed by atoms with Gasteiger partial charge in [0, 0.05) is 0 Å². The van der Waals surface area contributed by atoms with Gasteiger partial charge in [-0.15, -0.1) is 0 Å². The molecule has 26 nitrogen and oxygen atoms in total. The van der Waals surface area contributed by atoms with Crippen LogP contribution in [0.4, 0.5) is 0 Å². The van der Waals surface area contributed by atoms with Crippen molar-refractivity contribution < 1.29 is 129 Å². The summed E-state index contributed by atoms with van der Waals surface area (Å²) in [7, 11) is 0. The van der Waals surface area contributed by atoms with Gasteiger partial charge in [-0.3, -0.25) is 0 Å². The third-order valence-electron chi connectivity index (χ3n) is 10.3. The van der Waals surface area contributed by atoms with Crippen LogP contribution >= 0.6 is 0 Å². The number of ether oxygens (including phenoxy) is 9. The Morgan fingerprint density at radius 3 is 0.982 bits per heavy atom. The first-order valence-corrected chi connectivity index (χ1v) is 17.6. The predicted molar refractivity (Wildman–Crippen MR) is 167 cm³/mol. The van der Waals surface area contributed by atoms with E-state index in [-0.39, 0.29) is 0 Å². The fourth-order valence-electron chi connectivity index (χ4n) is 7.03. The van der Waals surface area contributed by atoms with E-state index < -0.39 is 187 Å². The largest absolute Gasteiger partial charge is 0.394 e. The second kappa shape index (κ2) is 19.6. The molecule has 5 heterocycles. The van der Waals surface area contributed by atoms with Crippen LogP contribution in [0, 0.1) is 0 Å². The fraction of sp³-hybridized carbons (Fsp3) is 1.00. The first kappa shape index (κ1) is 46.0. The standard InChI is InChI=1S/C30H52O26/c31-1-6-11(36)13(38)18(43)27(49-6)54-23-9(4-34)52-29(20(45)16(23)41)56-25-12(37)7(2-32)50-30(21(25)46)55-24-10(5-35)51-28(19(44)15(24)40)53-22-8(3-33)48-26(47)17(42)14(22)39/h6-47H,1-5H2/t6-,7-,8-,9-,10-,11-,12-,13+,14-,15-,16-,17-,18-,19-,20-,21-,22-,23-,24-,25+,26?,27+,28+,29+,30+/m1/s1. The lowest BCUT2D eigenvalue weighted by molar-refractivity contribution is -0.393. The van der Waals surface area contributed by atoms with Gasteiger partial charge in [-0.1, -0.05) is 0 Å². The topological polar surface area (TPSA) is 427 Å². The van der Waals surface area contributed by atoms with Crippen molar-refractivity contribution in [1.82, 2.24) is 0 Å². The third kappa shape index (κ3) is 9.16. The highest BCUT2D eigenvalue weighted by Crippen LogP contribution is 2.35. The monoisotopic (exact) mass is 828 g/mol. The molecule has 0 amide bonds. The van der Waals surface area contributed by atoms with E-state index in [9.17, 15) is 86.8 Å². The van der Waals surface area contributed by atoms with E-state index in [1.54, 1.807) is 0 Å². The lowest BCUT2D eigenvalue weighted by atomic mass is 9.95. The highest BCUT2D eigenvalue weighted by molar-refractivity contribution is 4.99. The van der Waals surface area contributed by atoms with Gasteiger partial charge >= 0.3 is 0 Å². The highest BCUT2D eigenvalue weighted by atomic mass is 16.8. The second-order valence-corrected chi connectivity index (χ2v) is 13.9. The maximum absolute atomic E-state index is 11.3. The minimum Gasteiger partial charge on any atom is -0.394 e. The van der Waals surface area contributed by atoms with E-state index in [1.165, 1.54) is 0 Å². The third-order valence-corrected chi connectivity index (χ3v) is 10.3. The molecule has 5 rings (SSSR count). The van der Waals surface area contributed by atoms with Gasteiger partial charge in [-0.25, -0.2) is 0 Å². The van der Waals surface area contributed by atoms with Crippen molar-refractivity contribution in [3.05, 3.63) is 0 Å². The Hall–Kier alpha value is -1.04. The smallest absolute Gasteiger partial charge is 0.187 e. The van der Waals surface area contributed by atoms with E-state index in [1.807, 2.05) is 0 Å². The molecule has 328 valence electrons. The van der Waals surface area contributed by atoms with Crippen molar-refractivity contribution in [3.8, 4) is 0 Å². The Morgan fingerprint density at radius 1 is 0.268 bits per heavy atom. The molecule has 5 saturated heterocycles. The average Bonchev–Trinajstić information content (AvgIpc) is 3.19. The summed E-state index contributed by atoms with van der Waals surface area (Å²) in [6, 6.07) is 0. The number of aliphatic hydroxyl groups is 17. The molecule has 0 aliphatic carbocycles. The molecule has 5 aliphatic heterocycles. The van der Waals surface area contributed by atoms with Crippen LogP contribution in [-0.2, 0) is 42.6 Å². The molecule has 0 bridgehead atoms. The Bertz CT molecular complexity index is 1200. The van der Waals surface area contributed by atoms with Crippen molar-refractivity contribution in [2.75, 3.05) is 33.0 Å². The summed E-state index contributed by atoms with van der Waals surface area (Å²) in [5.74, 6) is 0. The van der Waals surface area contributed by atoms with Crippen LogP contribution in [0.1, 0.15) is 0 Å². The van der Waals surface area contributed by atoms with Crippen LogP contribution in [0.3, 0.4) is 0 Å². The van der Waals surface area contributed by atoms with Gasteiger partial charge in [-0.2, -0.15) is 0 Å². The number of hydrogen-bond donors (Lipinski definition) is 17. The first-order valence-electron chi connectivity index (χ1n) is 17.6. The number of rotatable bonds is 13. The van der Waals surface area contributed by atoms with Gasteiger partial charge in [0.2, 0.25) is 0 Å². The van der Waals surface area contributed by atoms with Crippen LogP contribution in [0.5, 0.6) is 0 Å². The SMILES string of the molecule is OC[C@H]1O[C@@H](O[C@H]2[C@H](O)[C@@H](O)[C@H](O[C@@H]3[C@@H](O)[C@H](O[C@H]4[C@H](O)[C@@H](O)[C@H](O[C@H]5[C@H](O)[C@@H](O)C(O)O[C@@H]5CO)O[C@@H]4CO)O[C@H](CO)[C@H]3O)O[C@@H]2CO)[C@H](O)[C@@H](O)[C@@H]1O. The molecule has 0 radical (unpaired) electrons. The molecule has 26 heteroatoms. The van der Waals surface area contributed by atoms with Crippen molar-refractivity contribution in [2.45, 2.75) is 154 Å². The van der Waals surface area contributed by atoms with Crippen molar-refractivity contribution in [1.29, 1.82) is 0 Å². The Balaban J connectivity index is 1.27. The minimum atomic E-state index is -2.12. The van der Waals surface area contributed by atoms with E-state index in [2.05, 4.69) is 0 Å². The van der Waals surface area contributed by atoms with Crippen LogP contribution in [0.15, 0.2) is 0 Å². The highest BCUT2D eigenvalue weighted by Gasteiger charge is 2.56. The van der Waals surface area contributed by atoms with Gasteiger partial charge < -0.3 is 129 Å². The van der Waals surface area contributed by atoms with Crippen molar-refractivity contribution in [2.24, 2.45) is 0 Å². The van der Waals surface area contributed by atoms with Crippen molar-refractivity contribution in [3.63, 3.8) is 0 Å². The Kier molecular flexibility index (Phi) is 16.1. The molecule has 0 spiro atoms. The summed E-state index contributed by atoms with van der Waals surface area (Å²) in [6.07, 6.45) is -46.2. The maximum Gasteiger partial charge on any atom is 0.187 e. The summed E-state index contributed by atoms with van der Waals surface area (Å²) in [5, 5.41) is 176. The van der Waals surface area contributed by atoms with Gasteiger partial charge in [0.1, 0.15) is 122 Å². The molecule has 0 aromatic heterocycles. The van der Waals surface area contributed by atoms with E-state index >= 15 is 0 Å². The van der Waals surface area contributed by atoms with Crippen LogP contribution in [-0.4, -0.2) is 273 Å². The van der Waals surface area contributed by atoms with Crippen molar-refractivity contribution >= 4 is 0 Å². The van der Waals surface area contributed by atoms with E-state index in [0.29, 0.717) is 0 Å². The molecule has 17 N–H and O–H groups in total. The van der Waals surface area contributed by atoms with Gasteiger partial charge in [0.25, 0.3) is 0 Å². The minimum absolute atomic E-state index is 0.819. The predicted octanol–water partition coefficient (Wildman–Crippen LogP) is -11.9. The zero-order valence-corrected chi connectivity index (χ0v) is 29.2. The summed E-state index contributed by atoms with van der Waals surface area (Å²) < 4.78 is 49.1. The van der Waals surface area contributed by atoms with E-state index in [0.717, 1.165) is 0 Å². The second-order valence-electron chi connectivity index (χ2n) is 13.9. The zero-order chi connectivity index (χ0) is 41.3. The zero-order valence-electron chi connectivity index (χ0n) is 29.2. The average molecular weight is 829 g/mol. The lowest BCUT2D eigenvalue weighted by Crippen LogP contribution is -2.68. The molecule has 0 aromatic rings. The van der Waals surface area contributed by atoms with Gasteiger partial charge in [0.05, 0.1) is 33.0 Å². The summed E-state index contributed by atoms with van der Waals surface area (Å²) in [4.78, 5) is 0. The van der Waals surface area contributed by atoms with Crippen LogP contribution in [0.2, 0.25) is 0 Å². The first-order chi connectivity index (χ1) is 26.5. The number of hydrogen-bond acceptors (Lipinski definition) is 26. The van der Waals surface area contributed by atoms with Gasteiger partial charge in [-0.05, 0) is 0 Å². The molecule has 25 atom stereocenters. The fourth-order valence-corrected chi connectivity index (χ4v) is 7.03. The Labute approximate surface area is 316 Å². The number of aliphatic hydroxyl groups excluding tert-OH is 17. The van der Waals surface area contributed by atoms with E-state index in [4.69, 9.17) is 42.6 Å². The summed E-state index contributed by atoms with van der Waals surface area (Å²) in [6.45, 7) is -4.54. The molecule has 56 heavy (non-hydrogen) atoms. The lowest BCUT2D eigenvalue weighted by Gasteiger charge is -2.49. The van der Waals surface area contributed by atoms with Crippen LogP contribution in [0.25, 0.3) is 0 Å². The molecule has 0 saturated carbocycles. The summed E-state index contributed by atoms with van der Waals surface area (Å²) >= 11 is 0. The maximum atomic E-state index is 11.3. The summed E-state index contributed by atoms with van der Waals surface area (Å²) in [5.41, 5.74) is 0. The Morgan fingerprint density at radius 2 is 0.571 bits per heavy atom. The molecule has 5 aliphatic rings. The normalized spacial score (nSPS) is 53.2. The molecule has 5 fully saturated rings. The quantitative estimate of drug-likeness (QED) is 0.0819. The van der Waals surface area contributed by atoms with Gasteiger partial charge in [0.15, 0.2) is 31.5 Å². The van der Waals surface area contributed by atoms with Crippen LogP contribution < -0.4 is 0 Å². The molecular weight excluding hydrogens is 776 g/mol.